The summed E-state index contributed by atoms with van der Waals surface area (Å²) in [4.78, 5) is 26.0. The fourth-order valence-corrected chi connectivity index (χ4v) is 2.73. The molecular formula is C17H21F3N2O3. The molecule has 0 radical (unpaired) electrons. The van der Waals surface area contributed by atoms with Crippen molar-refractivity contribution >= 4 is 17.5 Å². The van der Waals surface area contributed by atoms with Crippen LogP contribution < -0.4 is 10.1 Å². The number of rotatable bonds is 5. The zero-order valence-electron chi connectivity index (χ0n) is 13.9. The van der Waals surface area contributed by atoms with Gasteiger partial charge in [0, 0.05) is 18.7 Å². The maximum atomic E-state index is 12.5. The Morgan fingerprint density at radius 3 is 2.52 bits per heavy atom. The van der Waals surface area contributed by atoms with E-state index in [1.54, 1.807) is 11.8 Å². The highest BCUT2D eigenvalue weighted by molar-refractivity contribution is 5.97. The Kier molecular flexibility index (Phi) is 6.27. The molecule has 0 spiro atoms. The Balaban J connectivity index is 1.96. The fraction of sp³-hybridized carbons (Fsp3) is 0.529. The summed E-state index contributed by atoms with van der Waals surface area (Å²) < 4.78 is 41.0. The van der Waals surface area contributed by atoms with Gasteiger partial charge in [-0.3, -0.25) is 9.59 Å². The summed E-state index contributed by atoms with van der Waals surface area (Å²) >= 11 is 0. The minimum absolute atomic E-state index is 0.0595. The van der Waals surface area contributed by atoms with Crippen molar-refractivity contribution in [2.75, 3.05) is 18.5 Å². The molecule has 0 aliphatic carbocycles. The van der Waals surface area contributed by atoms with Gasteiger partial charge in [0.25, 0.3) is 0 Å². The Hall–Kier alpha value is -2.25. The number of nitrogens with one attached hydrogen (secondary N) is 1. The number of amides is 2. The number of ether oxygens (including phenoxy) is 1. The molecule has 1 aliphatic heterocycles. The van der Waals surface area contributed by atoms with Crippen LogP contribution in [0.25, 0.3) is 0 Å². The van der Waals surface area contributed by atoms with Crippen molar-refractivity contribution in [1.29, 1.82) is 0 Å². The minimum atomic E-state index is -4.40. The number of benzene rings is 1. The third-order valence-electron chi connectivity index (χ3n) is 3.95. The molecule has 2 amide bonds. The molecule has 1 aromatic carbocycles. The molecule has 1 saturated heterocycles. The predicted molar refractivity (Wildman–Crippen MR) is 86.3 cm³/mol. The number of piperidine rings is 1. The van der Waals surface area contributed by atoms with Crippen molar-refractivity contribution in [3.63, 3.8) is 0 Å². The highest BCUT2D eigenvalue weighted by Crippen LogP contribution is 2.22. The number of anilines is 1. The zero-order chi connectivity index (χ0) is 18.4. The van der Waals surface area contributed by atoms with Gasteiger partial charge < -0.3 is 15.0 Å². The van der Waals surface area contributed by atoms with E-state index in [0.29, 0.717) is 25.1 Å². The summed E-state index contributed by atoms with van der Waals surface area (Å²) in [6.45, 7) is 0.954. The molecule has 1 fully saturated rings. The number of carbonyl (C=O) groups excluding carboxylic acids is 2. The number of alkyl halides is 3. The molecule has 2 rings (SSSR count). The Morgan fingerprint density at radius 2 is 1.92 bits per heavy atom. The summed E-state index contributed by atoms with van der Waals surface area (Å²) in [5, 5.41) is 2.71. The van der Waals surface area contributed by atoms with Crippen molar-refractivity contribution < 1.29 is 27.5 Å². The van der Waals surface area contributed by atoms with Crippen molar-refractivity contribution in [1.82, 2.24) is 4.90 Å². The van der Waals surface area contributed by atoms with Crippen LogP contribution in [-0.2, 0) is 9.59 Å². The number of nitrogens with zero attached hydrogens (tertiary/aromatic N) is 1. The summed E-state index contributed by atoms with van der Waals surface area (Å²) in [7, 11) is 0. The first-order valence-electron chi connectivity index (χ1n) is 8.20. The number of halogens is 3. The lowest BCUT2D eigenvalue weighted by Crippen LogP contribution is -2.49. The van der Waals surface area contributed by atoms with Gasteiger partial charge in [-0.15, -0.1) is 0 Å². The van der Waals surface area contributed by atoms with Crippen molar-refractivity contribution in [2.24, 2.45) is 0 Å². The number of hydrogen-bond donors (Lipinski definition) is 1. The van der Waals surface area contributed by atoms with Gasteiger partial charge >= 0.3 is 6.18 Å². The molecule has 1 N–H and O–H groups in total. The van der Waals surface area contributed by atoms with Gasteiger partial charge in [-0.25, -0.2) is 0 Å². The van der Waals surface area contributed by atoms with E-state index in [2.05, 4.69) is 10.1 Å². The first kappa shape index (κ1) is 19.1. The third-order valence-corrected chi connectivity index (χ3v) is 3.95. The summed E-state index contributed by atoms with van der Waals surface area (Å²) in [5.74, 6) is -0.281. The zero-order valence-corrected chi connectivity index (χ0v) is 13.9. The topological polar surface area (TPSA) is 58.6 Å². The van der Waals surface area contributed by atoms with E-state index in [4.69, 9.17) is 0 Å². The van der Waals surface area contributed by atoms with E-state index in [1.165, 1.54) is 24.3 Å². The molecule has 0 aromatic heterocycles. The molecule has 0 saturated carbocycles. The molecule has 5 nitrogen and oxygen atoms in total. The highest BCUT2D eigenvalue weighted by atomic mass is 19.4. The van der Waals surface area contributed by atoms with E-state index in [-0.39, 0.29) is 17.6 Å². The fourth-order valence-electron chi connectivity index (χ4n) is 2.73. The van der Waals surface area contributed by atoms with Crippen molar-refractivity contribution in [3.05, 3.63) is 24.3 Å². The van der Waals surface area contributed by atoms with E-state index < -0.39 is 18.8 Å². The second-order valence-electron chi connectivity index (χ2n) is 5.87. The van der Waals surface area contributed by atoms with Gasteiger partial charge in [0.15, 0.2) is 6.61 Å². The summed E-state index contributed by atoms with van der Waals surface area (Å²) in [5.41, 5.74) is 0.443. The average molecular weight is 358 g/mol. The van der Waals surface area contributed by atoms with Gasteiger partial charge in [0.2, 0.25) is 11.8 Å². The molecule has 1 atom stereocenters. The third kappa shape index (κ3) is 5.65. The summed E-state index contributed by atoms with van der Waals surface area (Å²) in [6, 6.07) is 5.15. The number of likely N-dealkylation sites (tertiary alicyclic amines) is 1. The SMILES string of the molecule is CCC(=O)N1CCCCC1C(=O)Nc1ccc(OCC(F)(F)F)cc1. The molecule has 1 heterocycles. The second kappa shape index (κ2) is 8.22. The van der Waals surface area contributed by atoms with E-state index >= 15 is 0 Å². The van der Waals surface area contributed by atoms with Crippen LogP contribution >= 0.6 is 0 Å². The first-order chi connectivity index (χ1) is 11.8. The summed E-state index contributed by atoms with van der Waals surface area (Å²) in [6.07, 6.45) is -1.71. The maximum Gasteiger partial charge on any atom is 0.422 e. The van der Waals surface area contributed by atoms with Crippen LogP contribution in [0.3, 0.4) is 0 Å². The lowest BCUT2D eigenvalue weighted by Gasteiger charge is -2.34. The Morgan fingerprint density at radius 1 is 1.24 bits per heavy atom. The Labute approximate surface area is 144 Å². The van der Waals surface area contributed by atoms with E-state index in [1.807, 2.05) is 0 Å². The predicted octanol–water partition coefficient (Wildman–Crippen LogP) is 3.36. The maximum absolute atomic E-state index is 12.5. The highest BCUT2D eigenvalue weighted by Gasteiger charge is 2.31. The quantitative estimate of drug-likeness (QED) is 0.878. The van der Waals surface area contributed by atoms with Gasteiger partial charge in [-0.05, 0) is 43.5 Å². The van der Waals surface area contributed by atoms with Crippen LogP contribution in [0.1, 0.15) is 32.6 Å². The van der Waals surface area contributed by atoms with Crippen molar-refractivity contribution in [2.45, 2.75) is 44.8 Å². The molecule has 1 aliphatic rings. The lowest BCUT2D eigenvalue weighted by molar-refractivity contribution is -0.153. The molecule has 138 valence electrons. The average Bonchev–Trinajstić information content (AvgIpc) is 2.59. The van der Waals surface area contributed by atoms with E-state index in [0.717, 1.165) is 12.8 Å². The first-order valence-corrected chi connectivity index (χ1v) is 8.20. The molecule has 25 heavy (non-hydrogen) atoms. The number of hydrogen-bond acceptors (Lipinski definition) is 3. The van der Waals surface area contributed by atoms with Crippen LogP contribution in [0.2, 0.25) is 0 Å². The van der Waals surface area contributed by atoms with Gasteiger partial charge in [-0.1, -0.05) is 6.92 Å². The van der Waals surface area contributed by atoms with Crippen LogP contribution in [0.15, 0.2) is 24.3 Å². The molecular weight excluding hydrogens is 337 g/mol. The van der Waals surface area contributed by atoms with Gasteiger partial charge in [0.1, 0.15) is 11.8 Å². The van der Waals surface area contributed by atoms with Crippen molar-refractivity contribution in [3.8, 4) is 5.75 Å². The van der Waals surface area contributed by atoms with Crippen LogP contribution in [-0.4, -0.2) is 42.1 Å². The second-order valence-corrected chi connectivity index (χ2v) is 5.87. The molecule has 8 heteroatoms. The van der Waals surface area contributed by atoms with Crippen LogP contribution in [0, 0.1) is 0 Å². The van der Waals surface area contributed by atoms with Crippen LogP contribution in [0.4, 0.5) is 18.9 Å². The van der Waals surface area contributed by atoms with E-state index in [9.17, 15) is 22.8 Å². The lowest BCUT2D eigenvalue weighted by atomic mass is 10.0. The van der Waals surface area contributed by atoms with Gasteiger partial charge in [-0.2, -0.15) is 13.2 Å². The molecule has 1 unspecified atom stereocenters. The standard InChI is InChI=1S/C17H21F3N2O3/c1-2-15(23)22-10-4-3-5-14(22)16(24)21-12-6-8-13(9-7-12)25-11-17(18,19)20/h6-9,14H,2-5,10-11H2,1H3,(H,21,24). The normalized spacial score (nSPS) is 17.9. The van der Waals surface area contributed by atoms with Gasteiger partial charge in [0.05, 0.1) is 0 Å². The monoisotopic (exact) mass is 358 g/mol. The largest absolute Gasteiger partial charge is 0.484 e. The van der Waals surface area contributed by atoms with Crippen LogP contribution in [0.5, 0.6) is 5.75 Å². The molecule has 1 aromatic rings. The number of carbonyl (C=O) groups is 2. The Bertz CT molecular complexity index is 602. The minimum Gasteiger partial charge on any atom is -0.484 e. The molecule has 0 bridgehead atoms. The smallest absolute Gasteiger partial charge is 0.422 e.